The lowest BCUT2D eigenvalue weighted by atomic mass is 10.2. The number of aryl methyl sites for hydroxylation is 1. The number of nitrogens with zero attached hydrogens (tertiary/aromatic N) is 1. The average molecular weight is 154 g/mol. The quantitative estimate of drug-likeness (QED) is 0.614. The zero-order valence-electron chi connectivity index (χ0n) is 5.76. The molecule has 2 nitrogen and oxygen atoms in total. The molecule has 2 rings (SSSR count). The first-order chi connectivity index (χ1) is 4.97. The van der Waals surface area contributed by atoms with E-state index < -0.39 is 0 Å². The van der Waals surface area contributed by atoms with Crippen molar-refractivity contribution in [2.24, 2.45) is 0 Å². The Morgan fingerprint density at radius 2 is 2.60 bits per heavy atom. The highest BCUT2D eigenvalue weighted by Crippen LogP contribution is 2.20. The van der Waals surface area contributed by atoms with E-state index in [0.29, 0.717) is 0 Å². The number of nitrogens with one attached hydrogen (secondary N) is 1. The average Bonchev–Trinajstić information content (AvgIpc) is 2.28. The van der Waals surface area contributed by atoms with E-state index >= 15 is 0 Å². The van der Waals surface area contributed by atoms with E-state index in [4.69, 9.17) is 0 Å². The Hall–Kier alpha value is -0.440. The van der Waals surface area contributed by atoms with Crippen LogP contribution >= 0.6 is 11.8 Å². The number of aromatic amines is 1. The summed E-state index contributed by atoms with van der Waals surface area (Å²) in [6, 6.07) is 0. The molecule has 0 aromatic carbocycles. The monoisotopic (exact) mass is 154 g/mol. The molecule has 0 radical (unpaired) electrons. The van der Waals surface area contributed by atoms with Gasteiger partial charge in [-0.1, -0.05) is 0 Å². The maximum atomic E-state index is 4.01. The molecule has 1 aromatic rings. The van der Waals surface area contributed by atoms with E-state index in [1.807, 2.05) is 18.0 Å². The predicted molar refractivity (Wildman–Crippen MR) is 43.1 cm³/mol. The molecule has 0 spiro atoms. The summed E-state index contributed by atoms with van der Waals surface area (Å²) in [6.07, 6.45) is 4.47. The summed E-state index contributed by atoms with van der Waals surface area (Å²) >= 11 is 1.99. The SMILES string of the molecule is c1n[nH]c2c1CCCSC2. The lowest BCUT2D eigenvalue weighted by Gasteiger charge is -1.91. The summed E-state index contributed by atoms with van der Waals surface area (Å²) in [4.78, 5) is 0. The molecule has 0 unspecified atom stereocenters. The van der Waals surface area contributed by atoms with Gasteiger partial charge in [-0.25, -0.2) is 0 Å². The zero-order valence-corrected chi connectivity index (χ0v) is 6.58. The van der Waals surface area contributed by atoms with Crippen LogP contribution in [0.4, 0.5) is 0 Å². The predicted octanol–water partition coefficient (Wildman–Crippen LogP) is 1.59. The van der Waals surface area contributed by atoms with Gasteiger partial charge in [0.05, 0.1) is 6.20 Å². The molecular weight excluding hydrogens is 144 g/mol. The van der Waals surface area contributed by atoms with Gasteiger partial charge in [0.1, 0.15) is 0 Å². The van der Waals surface area contributed by atoms with E-state index in [1.54, 1.807) is 0 Å². The standard InChI is InChI=1S/C7H10N2S/c1-2-6-4-8-9-7(6)5-10-3-1/h4H,1-3,5H2,(H,8,9). The van der Waals surface area contributed by atoms with Crippen LogP contribution in [0.5, 0.6) is 0 Å². The third-order valence-electron chi connectivity index (χ3n) is 1.79. The second-order valence-electron chi connectivity index (χ2n) is 2.53. The Bertz CT molecular complexity index is 199. The number of rotatable bonds is 0. The van der Waals surface area contributed by atoms with Crippen LogP contribution in [-0.2, 0) is 12.2 Å². The van der Waals surface area contributed by atoms with Crippen molar-refractivity contribution < 1.29 is 0 Å². The normalized spacial score (nSPS) is 18.0. The molecule has 0 amide bonds. The van der Waals surface area contributed by atoms with Gasteiger partial charge in [-0.15, -0.1) is 0 Å². The van der Waals surface area contributed by atoms with Gasteiger partial charge in [0.15, 0.2) is 0 Å². The van der Waals surface area contributed by atoms with Gasteiger partial charge in [0, 0.05) is 11.4 Å². The fraction of sp³-hybridized carbons (Fsp3) is 0.571. The highest BCUT2D eigenvalue weighted by molar-refractivity contribution is 7.98. The Labute approximate surface area is 64.4 Å². The van der Waals surface area contributed by atoms with Crippen molar-refractivity contribution in [3.8, 4) is 0 Å². The molecule has 0 fully saturated rings. The van der Waals surface area contributed by atoms with Crippen molar-refractivity contribution in [2.45, 2.75) is 18.6 Å². The summed E-state index contributed by atoms with van der Waals surface area (Å²) in [5, 5.41) is 7.03. The van der Waals surface area contributed by atoms with Crippen molar-refractivity contribution in [2.75, 3.05) is 5.75 Å². The molecule has 1 aliphatic rings. The highest BCUT2D eigenvalue weighted by Gasteiger charge is 2.08. The van der Waals surface area contributed by atoms with Crippen molar-refractivity contribution in [1.29, 1.82) is 0 Å². The lowest BCUT2D eigenvalue weighted by Crippen LogP contribution is -1.84. The molecule has 1 aromatic heterocycles. The first kappa shape index (κ1) is 6.28. The number of H-pyrrole nitrogens is 1. The van der Waals surface area contributed by atoms with Crippen LogP contribution in [0, 0.1) is 0 Å². The largest absolute Gasteiger partial charge is 0.281 e. The van der Waals surface area contributed by atoms with Gasteiger partial charge in [0.2, 0.25) is 0 Å². The minimum absolute atomic E-state index is 1.12. The van der Waals surface area contributed by atoms with E-state index in [1.165, 1.54) is 29.9 Å². The molecule has 54 valence electrons. The van der Waals surface area contributed by atoms with Crippen molar-refractivity contribution >= 4 is 11.8 Å². The molecule has 0 bridgehead atoms. The lowest BCUT2D eigenvalue weighted by molar-refractivity contribution is 0.935. The fourth-order valence-corrected chi connectivity index (χ4v) is 2.16. The summed E-state index contributed by atoms with van der Waals surface area (Å²) in [5.41, 5.74) is 2.76. The van der Waals surface area contributed by atoms with Gasteiger partial charge in [-0.2, -0.15) is 16.9 Å². The van der Waals surface area contributed by atoms with E-state index in [2.05, 4.69) is 10.2 Å². The Morgan fingerprint density at radius 1 is 1.60 bits per heavy atom. The second kappa shape index (κ2) is 2.66. The van der Waals surface area contributed by atoms with Crippen LogP contribution in [0.15, 0.2) is 6.20 Å². The van der Waals surface area contributed by atoms with Gasteiger partial charge in [0.25, 0.3) is 0 Å². The smallest absolute Gasteiger partial charge is 0.0522 e. The van der Waals surface area contributed by atoms with Gasteiger partial charge < -0.3 is 0 Å². The Morgan fingerprint density at radius 3 is 3.60 bits per heavy atom. The van der Waals surface area contributed by atoms with Crippen molar-refractivity contribution in [3.05, 3.63) is 17.5 Å². The van der Waals surface area contributed by atoms with Crippen molar-refractivity contribution in [3.63, 3.8) is 0 Å². The summed E-state index contributed by atoms with van der Waals surface area (Å²) in [6.45, 7) is 0. The molecule has 10 heavy (non-hydrogen) atoms. The van der Waals surface area contributed by atoms with Crippen LogP contribution in [0.2, 0.25) is 0 Å². The van der Waals surface area contributed by atoms with Gasteiger partial charge in [-0.3, -0.25) is 5.10 Å². The zero-order chi connectivity index (χ0) is 6.81. The number of aromatic nitrogens is 2. The molecule has 2 heterocycles. The van der Waals surface area contributed by atoms with Crippen LogP contribution in [0.1, 0.15) is 17.7 Å². The second-order valence-corrected chi connectivity index (χ2v) is 3.64. The third kappa shape index (κ3) is 1.06. The van der Waals surface area contributed by atoms with Gasteiger partial charge >= 0.3 is 0 Å². The summed E-state index contributed by atoms with van der Waals surface area (Å²) in [7, 11) is 0. The molecule has 0 saturated heterocycles. The number of thioether (sulfide) groups is 1. The maximum Gasteiger partial charge on any atom is 0.0522 e. The van der Waals surface area contributed by atoms with Crippen LogP contribution < -0.4 is 0 Å². The fourth-order valence-electron chi connectivity index (χ4n) is 1.22. The Kier molecular flexibility index (Phi) is 1.67. The molecule has 0 aliphatic carbocycles. The molecule has 0 atom stereocenters. The highest BCUT2D eigenvalue weighted by atomic mass is 32.2. The van der Waals surface area contributed by atoms with E-state index in [-0.39, 0.29) is 0 Å². The van der Waals surface area contributed by atoms with Crippen LogP contribution in [0.25, 0.3) is 0 Å². The number of fused-ring (bicyclic) bond motifs is 1. The van der Waals surface area contributed by atoms with Gasteiger partial charge in [-0.05, 0) is 24.2 Å². The van der Waals surface area contributed by atoms with Crippen LogP contribution in [-0.4, -0.2) is 16.0 Å². The minimum atomic E-state index is 1.12. The Balaban J connectivity index is 2.28. The van der Waals surface area contributed by atoms with Crippen LogP contribution in [0.3, 0.4) is 0 Å². The van der Waals surface area contributed by atoms with Crippen molar-refractivity contribution in [1.82, 2.24) is 10.2 Å². The summed E-state index contributed by atoms with van der Waals surface area (Å²) < 4.78 is 0. The molecular formula is C7H10N2S. The van der Waals surface area contributed by atoms with E-state index in [0.717, 1.165) is 5.75 Å². The molecule has 1 N–H and O–H groups in total. The first-order valence-electron chi connectivity index (χ1n) is 3.55. The topological polar surface area (TPSA) is 28.7 Å². The number of hydrogen-bond donors (Lipinski definition) is 1. The third-order valence-corrected chi connectivity index (χ3v) is 2.86. The first-order valence-corrected chi connectivity index (χ1v) is 4.71. The molecule has 0 saturated carbocycles. The summed E-state index contributed by atoms with van der Waals surface area (Å²) in [5.74, 6) is 2.41. The van der Waals surface area contributed by atoms with E-state index in [9.17, 15) is 0 Å². The molecule has 1 aliphatic heterocycles. The maximum absolute atomic E-state index is 4.01. The minimum Gasteiger partial charge on any atom is -0.281 e. The number of hydrogen-bond acceptors (Lipinski definition) is 2. The molecule has 3 heteroatoms.